The van der Waals surface area contributed by atoms with Gasteiger partial charge in [0.15, 0.2) is 0 Å². The van der Waals surface area contributed by atoms with Gasteiger partial charge in [0.05, 0.1) is 0 Å². The van der Waals surface area contributed by atoms with Crippen LogP contribution in [-0.4, -0.2) is 59.2 Å². The van der Waals surface area contributed by atoms with E-state index in [2.05, 4.69) is 17.0 Å². The largest absolute Gasteiger partial charge is 0.338 e. The van der Waals surface area contributed by atoms with Crippen molar-refractivity contribution in [1.82, 2.24) is 14.7 Å². The molecule has 0 saturated carbocycles. The summed E-state index contributed by atoms with van der Waals surface area (Å²) in [5.41, 5.74) is 2.66. The molecule has 0 radical (unpaired) electrons. The van der Waals surface area contributed by atoms with Gasteiger partial charge in [-0.3, -0.25) is 14.5 Å². The molecule has 176 valence electrons. The van der Waals surface area contributed by atoms with Crippen molar-refractivity contribution in [3.63, 3.8) is 0 Å². The van der Waals surface area contributed by atoms with Crippen molar-refractivity contribution in [2.75, 3.05) is 32.7 Å². The fourth-order valence-corrected chi connectivity index (χ4v) is 5.66. The van der Waals surface area contributed by atoms with Crippen LogP contribution in [0.3, 0.4) is 0 Å². The lowest BCUT2D eigenvalue weighted by atomic mass is 10.1. The number of hydrogen-bond donors (Lipinski definition) is 0. The first-order valence-corrected chi connectivity index (χ1v) is 12.6. The highest BCUT2D eigenvalue weighted by atomic mass is 32.1. The standard InChI is InChI=1S/C27H28FN3O2S/c28-23-4-1-3-22(17-23)25-11-10-24(34-25)19-29-13-15-30(16-14-29)27(33)21-8-6-20(7-9-21)18-31-12-2-5-26(31)32/h1,3-4,6-11,17H,2,5,12-16,18-19H2. The van der Waals surface area contributed by atoms with Gasteiger partial charge < -0.3 is 9.80 Å². The lowest BCUT2D eigenvalue weighted by Crippen LogP contribution is -2.48. The van der Waals surface area contributed by atoms with Crippen LogP contribution in [0.2, 0.25) is 0 Å². The SMILES string of the molecule is O=C1CCCN1Cc1ccc(C(=O)N2CCN(Cc3ccc(-c4cccc(F)c4)s3)CC2)cc1. The quantitative estimate of drug-likeness (QED) is 0.520. The fraction of sp³-hybridized carbons (Fsp3) is 0.333. The summed E-state index contributed by atoms with van der Waals surface area (Å²) in [4.78, 5) is 33.3. The van der Waals surface area contributed by atoms with E-state index in [0.717, 1.165) is 48.6 Å². The lowest BCUT2D eigenvalue weighted by molar-refractivity contribution is -0.128. The number of hydrogen-bond acceptors (Lipinski definition) is 4. The summed E-state index contributed by atoms with van der Waals surface area (Å²) in [5.74, 6) is 0.0586. The van der Waals surface area contributed by atoms with E-state index in [0.29, 0.717) is 31.6 Å². The third kappa shape index (κ3) is 5.21. The van der Waals surface area contributed by atoms with Gasteiger partial charge in [0.25, 0.3) is 5.91 Å². The molecule has 0 spiro atoms. The van der Waals surface area contributed by atoms with Crippen molar-refractivity contribution < 1.29 is 14.0 Å². The summed E-state index contributed by atoms with van der Waals surface area (Å²) in [6, 6.07) is 18.5. The number of benzene rings is 2. The first kappa shape index (κ1) is 22.7. The molecular weight excluding hydrogens is 449 g/mol. The molecule has 2 amide bonds. The summed E-state index contributed by atoms with van der Waals surface area (Å²) in [6.07, 6.45) is 1.57. The molecule has 34 heavy (non-hydrogen) atoms. The average Bonchev–Trinajstić information content (AvgIpc) is 3.49. The van der Waals surface area contributed by atoms with Gasteiger partial charge in [-0.1, -0.05) is 24.3 Å². The average molecular weight is 478 g/mol. The van der Waals surface area contributed by atoms with Crippen LogP contribution >= 0.6 is 11.3 Å². The maximum absolute atomic E-state index is 13.5. The van der Waals surface area contributed by atoms with Gasteiger partial charge >= 0.3 is 0 Å². The highest BCUT2D eigenvalue weighted by molar-refractivity contribution is 7.15. The number of carbonyl (C=O) groups excluding carboxylic acids is 2. The van der Waals surface area contributed by atoms with E-state index in [-0.39, 0.29) is 17.6 Å². The van der Waals surface area contributed by atoms with E-state index in [4.69, 9.17) is 0 Å². The van der Waals surface area contributed by atoms with Crippen LogP contribution in [0.5, 0.6) is 0 Å². The molecule has 1 aromatic heterocycles. The van der Waals surface area contributed by atoms with Gasteiger partial charge in [-0.05, 0) is 53.9 Å². The number of piperazine rings is 1. The number of halogens is 1. The van der Waals surface area contributed by atoms with Crippen LogP contribution < -0.4 is 0 Å². The molecule has 2 aromatic carbocycles. The van der Waals surface area contributed by atoms with Gasteiger partial charge in [0.1, 0.15) is 5.82 Å². The molecule has 2 saturated heterocycles. The predicted molar refractivity (Wildman–Crippen MR) is 132 cm³/mol. The summed E-state index contributed by atoms with van der Waals surface area (Å²) < 4.78 is 13.5. The zero-order valence-corrected chi connectivity index (χ0v) is 19.9. The van der Waals surface area contributed by atoms with Crippen molar-refractivity contribution >= 4 is 23.2 Å². The fourth-order valence-electron chi connectivity index (χ4n) is 4.62. The zero-order chi connectivity index (χ0) is 23.5. The van der Waals surface area contributed by atoms with Crippen LogP contribution in [0.1, 0.15) is 33.6 Å². The Bertz CT molecular complexity index is 1170. The number of thiophene rings is 1. The van der Waals surface area contributed by atoms with Crippen LogP contribution in [0.4, 0.5) is 4.39 Å². The topological polar surface area (TPSA) is 43.9 Å². The number of nitrogens with zero attached hydrogens (tertiary/aromatic N) is 3. The summed E-state index contributed by atoms with van der Waals surface area (Å²) in [5, 5.41) is 0. The minimum atomic E-state index is -0.218. The minimum absolute atomic E-state index is 0.0629. The molecule has 0 atom stereocenters. The van der Waals surface area contributed by atoms with Crippen LogP contribution in [-0.2, 0) is 17.9 Å². The van der Waals surface area contributed by atoms with Crippen molar-refractivity contribution in [3.05, 3.63) is 82.5 Å². The van der Waals surface area contributed by atoms with E-state index < -0.39 is 0 Å². The first-order valence-electron chi connectivity index (χ1n) is 11.8. The lowest BCUT2D eigenvalue weighted by Gasteiger charge is -2.34. The molecule has 5 rings (SSSR count). The molecule has 5 nitrogen and oxygen atoms in total. The predicted octanol–water partition coefficient (Wildman–Crippen LogP) is 4.63. The van der Waals surface area contributed by atoms with Gasteiger partial charge in [-0.2, -0.15) is 0 Å². The Morgan fingerprint density at radius 3 is 2.41 bits per heavy atom. The second kappa shape index (κ2) is 10.1. The molecule has 3 heterocycles. The Labute approximate surface area is 203 Å². The summed E-state index contributed by atoms with van der Waals surface area (Å²) in [7, 11) is 0. The van der Waals surface area contributed by atoms with E-state index in [1.54, 1.807) is 23.5 Å². The van der Waals surface area contributed by atoms with E-state index in [1.165, 1.54) is 10.9 Å². The van der Waals surface area contributed by atoms with Crippen LogP contribution in [0.25, 0.3) is 10.4 Å². The second-order valence-electron chi connectivity index (χ2n) is 8.96. The smallest absolute Gasteiger partial charge is 0.253 e. The van der Waals surface area contributed by atoms with Crippen LogP contribution in [0.15, 0.2) is 60.7 Å². The minimum Gasteiger partial charge on any atom is -0.338 e. The molecule has 0 N–H and O–H groups in total. The van der Waals surface area contributed by atoms with Gasteiger partial charge in [-0.15, -0.1) is 11.3 Å². The van der Waals surface area contributed by atoms with Gasteiger partial charge in [0.2, 0.25) is 5.91 Å². The molecule has 2 fully saturated rings. The number of rotatable bonds is 6. The Balaban J connectivity index is 1.12. The number of likely N-dealkylation sites (tertiary alicyclic amines) is 1. The Hall–Kier alpha value is -3.03. The second-order valence-corrected chi connectivity index (χ2v) is 10.1. The molecule has 7 heteroatoms. The monoisotopic (exact) mass is 477 g/mol. The maximum Gasteiger partial charge on any atom is 0.253 e. The van der Waals surface area contributed by atoms with Crippen molar-refractivity contribution in [2.45, 2.75) is 25.9 Å². The highest BCUT2D eigenvalue weighted by Gasteiger charge is 2.23. The van der Waals surface area contributed by atoms with Crippen molar-refractivity contribution in [1.29, 1.82) is 0 Å². The third-order valence-electron chi connectivity index (χ3n) is 6.56. The first-order chi connectivity index (χ1) is 16.5. The molecule has 0 aliphatic carbocycles. The maximum atomic E-state index is 13.5. The van der Waals surface area contributed by atoms with Gasteiger partial charge in [0, 0.05) is 67.6 Å². The van der Waals surface area contributed by atoms with E-state index >= 15 is 0 Å². The van der Waals surface area contributed by atoms with Crippen molar-refractivity contribution in [2.24, 2.45) is 0 Å². The Morgan fingerprint density at radius 1 is 0.912 bits per heavy atom. The molecule has 2 aliphatic rings. The summed E-state index contributed by atoms with van der Waals surface area (Å²) in [6.45, 7) is 5.33. The van der Waals surface area contributed by atoms with E-state index in [9.17, 15) is 14.0 Å². The molecular formula is C27H28FN3O2S. The Morgan fingerprint density at radius 2 is 1.71 bits per heavy atom. The van der Waals surface area contributed by atoms with E-state index in [1.807, 2.05) is 40.1 Å². The molecule has 0 unspecified atom stereocenters. The molecule has 2 aliphatic heterocycles. The Kier molecular flexibility index (Phi) is 6.74. The van der Waals surface area contributed by atoms with Crippen LogP contribution in [0, 0.1) is 5.82 Å². The normalized spacial score (nSPS) is 16.9. The van der Waals surface area contributed by atoms with Gasteiger partial charge in [-0.25, -0.2) is 4.39 Å². The van der Waals surface area contributed by atoms with Crippen molar-refractivity contribution in [3.8, 4) is 10.4 Å². The number of amides is 2. The summed E-state index contributed by atoms with van der Waals surface area (Å²) >= 11 is 1.69. The number of carbonyl (C=O) groups is 2. The molecule has 3 aromatic rings. The molecule has 0 bridgehead atoms. The highest BCUT2D eigenvalue weighted by Crippen LogP contribution is 2.29. The third-order valence-corrected chi connectivity index (χ3v) is 7.67. The zero-order valence-electron chi connectivity index (χ0n) is 19.1.